The van der Waals surface area contributed by atoms with Crippen LogP contribution in [-0.2, 0) is 11.2 Å². The van der Waals surface area contributed by atoms with E-state index in [4.69, 9.17) is 4.74 Å². The predicted molar refractivity (Wildman–Crippen MR) is 131 cm³/mol. The number of fused-ring (bicyclic) bond motifs is 2. The lowest BCUT2D eigenvalue weighted by Crippen LogP contribution is -2.31. The van der Waals surface area contributed by atoms with Gasteiger partial charge >= 0.3 is 0 Å². The van der Waals surface area contributed by atoms with E-state index in [0.29, 0.717) is 16.2 Å². The number of anilines is 1. The van der Waals surface area contributed by atoms with Crippen LogP contribution in [0.5, 0.6) is 5.75 Å². The number of benzene rings is 3. The van der Waals surface area contributed by atoms with Crippen LogP contribution in [0, 0.1) is 0 Å². The molecule has 1 aliphatic carbocycles. The van der Waals surface area contributed by atoms with E-state index in [1.807, 2.05) is 54.6 Å². The summed E-state index contributed by atoms with van der Waals surface area (Å²) in [5, 5.41) is 6.11. The van der Waals surface area contributed by atoms with Gasteiger partial charge in [-0.2, -0.15) is 0 Å². The first-order valence-electron chi connectivity index (χ1n) is 11.0. The molecule has 5 rings (SSSR count). The van der Waals surface area contributed by atoms with Gasteiger partial charge in [0.2, 0.25) is 0 Å². The minimum atomic E-state index is -0.179. The summed E-state index contributed by atoms with van der Waals surface area (Å²) in [5.74, 6) is 0.464. The summed E-state index contributed by atoms with van der Waals surface area (Å²) in [6.45, 7) is 0. The second-order valence-corrected chi connectivity index (χ2v) is 9.25. The van der Waals surface area contributed by atoms with Gasteiger partial charge in [0.25, 0.3) is 11.8 Å². The monoisotopic (exact) mass is 456 g/mol. The van der Waals surface area contributed by atoms with E-state index in [-0.39, 0.29) is 17.9 Å². The molecule has 1 heterocycles. The Bertz CT molecular complexity index is 1250. The maximum absolute atomic E-state index is 13.0. The van der Waals surface area contributed by atoms with E-state index in [0.717, 1.165) is 35.5 Å². The molecule has 3 aromatic carbocycles. The molecule has 33 heavy (non-hydrogen) atoms. The Kier molecular flexibility index (Phi) is 5.92. The minimum Gasteiger partial charge on any atom is -0.497 e. The molecule has 0 bridgehead atoms. The molecule has 5 nitrogen and oxygen atoms in total. The molecule has 2 N–H and O–H groups in total. The highest BCUT2D eigenvalue weighted by atomic mass is 32.2. The van der Waals surface area contributed by atoms with Gasteiger partial charge in [0, 0.05) is 10.5 Å². The van der Waals surface area contributed by atoms with Gasteiger partial charge in [-0.15, -0.1) is 0 Å². The molecular weight excluding hydrogens is 432 g/mol. The van der Waals surface area contributed by atoms with Crippen LogP contribution >= 0.6 is 11.8 Å². The number of aryl methyl sites for hydroxylation is 1. The molecule has 3 aromatic rings. The van der Waals surface area contributed by atoms with Crippen LogP contribution in [0.4, 0.5) is 5.69 Å². The van der Waals surface area contributed by atoms with Gasteiger partial charge < -0.3 is 15.4 Å². The van der Waals surface area contributed by atoms with Crippen LogP contribution in [0.3, 0.4) is 0 Å². The average molecular weight is 457 g/mol. The van der Waals surface area contributed by atoms with Crippen molar-refractivity contribution < 1.29 is 14.3 Å². The molecule has 2 amide bonds. The number of ether oxygens (including phenoxy) is 1. The van der Waals surface area contributed by atoms with Crippen molar-refractivity contribution in [2.24, 2.45) is 0 Å². The van der Waals surface area contributed by atoms with Crippen molar-refractivity contribution >= 4 is 35.3 Å². The molecule has 0 aromatic heterocycles. The number of thioether (sulfide) groups is 1. The first-order valence-corrected chi connectivity index (χ1v) is 11.8. The van der Waals surface area contributed by atoms with Crippen molar-refractivity contribution in [3.8, 4) is 5.75 Å². The smallest absolute Gasteiger partial charge is 0.262 e. The summed E-state index contributed by atoms with van der Waals surface area (Å²) >= 11 is 1.40. The molecule has 1 atom stereocenters. The molecule has 1 aliphatic heterocycles. The van der Waals surface area contributed by atoms with Gasteiger partial charge in [-0.1, -0.05) is 48.2 Å². The van der Waals surface area contributed by atoms with Crippen LogP contribution < -0.4 is 15.4 Å². The zero-order valence-corrected chi connectivity index (χ0v) is 19.1. The number of carbonyl (C=O) groups is 2. The molecule has 0 fully saturated rings. The highest BCUT2D eigenvalue weighted by Crippen LogP contribution is 2.39. The fourth-order valence-corrected chi connectivity index (χ4v) is 5.23. The highest BCUT2D eigenvalue weighted by molar-refractivity contribution is 8.04. The van der Waals surface area contributed by atoms with Crippen molar-refractivity contribution in [2.75, 3.05) is 12.4 Å². The number of rotatable bonds is 4. The van der Waals surface area contributed by atoms with Crippen LogP contribution in [0.1, 0.15) is 45.9 Å². The number of amides is 2. The van der Waals surface area contributed by atoms with Crippen LogP contribution in [0.2, 0.25) is 0 Å². The molecule has 6 heteroatoms. The van der Waals surface area contributed by atoms with Gasteiger partial charge in [-0.05, 0) is 72.4 Å². The van der Waals surface area contributed by atoms with Crippen LogP contribution in [0.15, 0.2) is 76.5 Å². The summed E-state index contributed by atoms with van der Waals surface area (Å²) in [7, 11) is 1.62. The zero-order valence-electron chi connectivity index (χ0n) is 18.3. The lowest BCUT2D eigenvalue weighted by molar-refractivity contribution is -0.112. The van der Waals surface area contributed by atoms with E-state index in [2.05, 4.69) is 22.8 Å². The molecule has 166 valence electrons. The normalized spacial score (nSPS) is 18.2. The Morgan fingerprint density at radius 3 is 2.76 bits per heavy atom. The third kappa shape index (κ3) is 4.52. The standard InChI is InChI=1S/C27H24N2O3S/c1-32-20-12-9-17(10-13-20)15-25-27(31)29-23-16-19(11-14-24(23)33-25)26(30)28-22-8-4-6-18-5-2-3-7-21(18)22/h2-3,5,7,9-16,22H,4,6,8H2,1H3,(H,28,30)(H,29,31). The maximum Gasteiger partial charge on any atom is 0.262 e. The minimum absolute atomic E-state index is 0.0153. The summed E-state index contributed by atoms with van der Waals surface area (Å²) in [5.41, 5.74) is 4.63. The van der Waals surface area contributed by atoms with E-state index >= 15 is 0 Å². The van der Waals surface area contributed by atoms with Crippen LogP contribution in [0.25, 0.3) is 6.08 Å². The largest absolute Gasteiger partial charge is 0.497 e. The topological polar surface area (TPSA) is 67.4 Å². The zero-order chi connectivity index (χ0) is 22.8. The second-order valence-electron chi connectivity index (χ2n) is 8.17. The Balaban J connectivity index is 1.33. The third-order valence-corrected chi connectivity index (χ3v) is 7.12. The lowest BCUT2D eigenvalue weighted by Gasteiger charge is -2.26. The number of hydrogen-bond donors (Lipinski definition) is 2. The summed E-state index contributed by atoms with van der Waals surface area (Å²) in [4.78, 5) is 27.2. The van der Waals surface area contributed by atoms with Gasteiger partial charge in [-0.3, -0.25) is 9.59 Å². The van der Waals surface area contributed by atoms with E-state index in [9.17, 15) is 9.59 Å². The number of nitrogens with one attached hydrogen (secondary N) is 2. The molecule has 2 aliphatic rings. The summed E-state index contributed by atoms with van der Waals surface area (Å²) in [6, 6.07) is 21.3. The number of hydrogen-bond acceptors (Lipinski definition) is 4. The fourth-order valence-electron chi connectivity index (χ4n) is 4.30. The van der Waals surface area contributed by atoms with Gasteiger partial charge in [-0.25, -0.2) is 0 Å². The van der Waals surface area contributed by atoms with E-state index < -0.39 is 0 Å². The lowest BCUT2D eigenvalue weighted by atomic mass is 9.87. The van der Waals surface area contributed by atoms with Gasteiger partial charge in [0.15, 0.2) is 0 Å². The molecule has 0 spiro atoms. The van der Waals surface area contributed by atoms with Crippen molar-refractivity contribution in [2.45, 2.75) is 30.2 Å². The summed E-state index contributed by atoms with van der Waals surface area (Å²) < 4.78 is 5.18. The fraction of sp³-hybridized carbons (Fsp3) is 0.185. The van der Waals surface area contributed by atoms with Crippen molar-refractivity contribution in [3.05, 3.63) is 93.9 Å². The Morgan fingerprint density at radius 2 is 1.94 bits per heavy atom. The van der Waals surface area contributed by atoms with Crippen molar-refractivity contribution in [3.63, 3.8) is 0 Å². The molecular formula is C27H24N2O3S. The quantitative estimate of drug-likeness (QED) is 0.503. The SMILES string of the molecule is COc1ccc(C=C2Sc3ccc(C(=O)NC4CCCc5ccccc54)cc3NC2=O)cc1. The number of methoxy groups -OCH3 is 1. The van der Waals surface area contributed by atoms with Crippen molar-refractivity contribution in [1.82, 2.24) is 5.32 Å². The predicted octanol–water partition coefficient (Wildman–Crippen LogP) is 5.59. The molecule has 0 saturated heterocycles. The average Bonchev–Trinajstić information content (AvgIpc) is 2.85. The third-order valence-electron chi connectivity index (χ3n) is 6.02. The van der Waals surface area contributed by atoms with Crippen molar-refractivity contribution in [1.29, 1.82) is 0 Å². The number of carbonyl (C=O) groups excluding carboxylic acids is 2. The van der Waals surface area contributed by atoms with E-state index in [1.54, 1.807) is 13.2 Å². The first-order chi connectivity index (χ1) is 16.1. The highest BCUT2D eigenvalue weighted by Gasteiger charge is 2.25. The Morgan fingerprint density at radius 1 is 1.12 bits per heavy atom. The van der Waals surface area contributed by atoms with E-state index in [1.165, 1.54) is 22.9 Å². The molecule has 0 saturated carbocycles. The Hall–Kier alpha value is -3.51. The molecule has 0 radical (unpaired) electrons. The maximum atomic E-state index is 13.0. The Labute approximate surface area is 197 Å². The summed E-state index contributed by atoms with van der Waals surface area (Å²) in [6.07, 6.45) is 4.89. The van der Waals surface area contributed by atoms with Gasteiger partial charge in [0.05, 0.1) is 23.7 Å². The molecule has 1 unspecified atom stereocenters. The van der Waals surface area contributed by atoms with Gasteiger partial charge in [0.1, 0.15) is 5.75 Å². The second kappa shape index (κ2) is 9.16. The van der Waals surface area contributed by atoms with Crippen LogP contribution in [-0.4, -0.2) is 18.9 Å². The first kappa shape index (κ1) is 21.3.